The fraction of sp³-hybridized carbons (Fsp3) is 0.688. The van der Waals surface area contributed by atoms with Crippen LogP contribution in [-0.2, 0) is 9.53 Å². The molecule has 0 aromatic carbocycles. The SMILES string of the molecule is CC#CC(=O)OCC#C[Si](C(C)C)(C(C)C)C(C)C. The van der Waals surface area contributed by atoms with Gasteiger partial charge < -0.3 is 4.74 Å². The average Bonchev–Trinajstić information content (AvgIpc) is 2.27. The second kappa shape index (κ2) is 8.07. The lowest BCUT2D eigenvalue weighted by Crippen LogP contribution is -2.43. The van der Waals surface area contributed by atoms with Crippen LogP contribution >= 0.6 is 0 Å². The third kappa shape index (κ3) is 4.77. The van der Waals surface area contributed by atoms with Crippen molar-refractivity contribution >= 4 is 14.0 Å². The van der Waals surface area contributed by atoms with Gasteiger partial charge in [-0.3, -0.25) is 0 Å². The van der Waals surface area contributed by atoms with Crippen molar-refractivity contribution in [3.8, 4) is 23.3 Å². The van der Waals surface area contributed by atoms with Crippen molar-refractivity contribution in [1.29, 1.82) is 0 Å². The Kier molecular flexibility index (Phi) is 7.57. The fourth-order valence-corrected chi connectivity index (χ4v) is 8.11. The molecule has 0 heterocycles. The molecule has 0 aromatic heterocycles. The van der Waals surface area contributed by atoms with E-state index in [1.807, 2.05) is 0 Å². The van der Waals surface area contributed by atoms with Gasteiger partial charge in [-0.2, -0.15) is 0 Å². The molecule has 0 amide bonds. The summed E-state index contributed by atoms with van der Waals surface area (Å²) in [5.74, 6) is 7.42. The predicted molar refractivity (Wildman–Crippen MR) is 83.2 cm³/mol. The van der Waals surface area contributed by atoms with Crippen molar-refractivity contribution in [2.45, 2.75) is 65.1 Å². The van der Waals surface area contributed by atoms with Crippen molar-refractivity contribution in [3.05, 3.63) is 0 Å². The molecule has 0 saturated carbocycles. The molecule has 0 rings (SSSR count). The molecule has 0 bridgehead atoms. The first-order valence-electron chi connectivity index (χ1n) is 6.88. The maximum absolute atomic E-state index is 11.1. The van der Waals surface area contributed by atoms with Crippen LogP contribution in [-0.4, -0.2) is 20.7 Å². The van der Waals surface area contributed by atoms with E-state index in [-0.39, 0.29) is 6.61 Å². The van der Waals surface area contributed by atoms with Gasteiger partial charge in [-0.1, -0.05) is 53.4 Å². The summed E-state index contributed by atoms with van der Waals surface area (Å²) < 4.78 is 4.95. The lowest BCUT2D eigenvalue weighted by atomic mass is 10.5. The molecule has 0 aliphatic heterocycles. The first-order chi connectivity index (χ1) is 8.78. The number of ether oxygens (including phenoxy) is 1. The molecule has 19 heavy (non-hydrogen) atoms. The van der Waals surface area contributed by atoms with Crippen LogP contribution in [0.3, 0.4) is 0 Å². The molecule has 0 unspecified atom stereocenters. The third-order valence-electron chi connectivity index (χ3n) is 3.67. The lowest BCUT2D eigenvalue weighted by Gasteiger charge is -2.38. The Morgan fingerprint density at radius 2 is 1.53 bits per heavy atom. The minimum Gasteiger partial charge on any atom is -0.443 e. The third-order valence-corrected chi connectivity index (χ3v) is 10.0. The maximum atomic E-state index is 11.1. The number of carbonyl (C=O) groups excluding carboxylic acids is 1. The molecular formula is C16H26O2Si. The molecule has 0 fully saturated rings. The van der Waals surface area contributed by atoms with Crippen LogP contribution in [0.1, 0.15) is 48.5 Å². The number of rotatable bonds is 4. The highest BCUT2D eigenvalue weighted by Crippen LogP contribution is 2.40. The highest BCUT2D eigenvalue weighted by Gasteiger charge is 2.41. The Morgan fingerprint density at radius 3 is 1.89 bits per heavy atom. The number of hydrogen-bond donors (Lipinski definition) is 0. The zero-order chi connectivity index (χ0) is 15.1. The molecular weight excluding hydrogens is 252 g/mol. The van der Waals surface area contributed by atoms with Crippen molar-refractivity contribution in [3.63, 3.8) is 0 Å². The van der Waals surface area contributed by atoms with Crippen molar-refractivity contribution in [2.24, 2.45) is 0 Å². The Balaban J connectivity index is 4.94. The van der Waals surface area contributed by atoms with E-state index in [2.05, 4.69) is 64.8 Å². The highest BCUT2D eigenvalue weighted by atomic mass is 28.3. The molecule has 0 spiro atoms. The van der Waals surface area contributed by atoms with Gasteiger partial charge in [0.05, 0.1) is 0 Å². The minimum atomic E-state index is -1.71. The first-order valence-corrected chi connectivity index (χ1v) is 9.11. The Labute approximate surface area is 119 Å². The van der Waals surface area contributed by atoms with E-state index in [4.69, 9.17) is 4.74 Å². The number of hydrogen-bond acceptors (Lipinski definition) is 2. The van der Waals surface area contributed by atoms with Gasteiger partial charge in [-0.25, -0.2) is 4.79 Å². The minimum absolute atomic E-state index is 0.147. The molecule has 106 valence electrons. The van der Waals surface area contributed by atoms with Gasteiger partial charge in [-0.05, 0) is 23.5 Å². The second-order valence-electron chi connectivity index (χ2n) is 5.65. The standard InChI is InChI=1S/C16H26O2Si/c1-8-10-16(17)18-11-9-12-19(13(2)3,14(4)5)15(6)7/h13-15H,11H2,1-7H3. The van der Waals surface area contributed by atoms with Crippen molar-refractivity contribution in [1.82, 2.24) is 0 Å². The zero-order valence-electron chi connectivity index (χ0n) is 13.3. The van der Waals surface area contributed by atoms with E-state index in [0.717, 1.165) is 0 Å². The summed E-state index contributed by atoms with van der Waals surface area (Å²) in [7, 11) is -1.71. The molecule has 0 aliphatic rings. The van der Waals surface area contributed by atoms with Gasteiger partial charge in [0.2, 0.25) is 0 Å². The summed E-state index contributed by atoms with van der Waals surface area (Å²) in [6.45, 7) is 15.3. The van der Waals surface area contributed by atoms with Gasteiger partial charge in [0.25, 0.3) is 0 Å². The molecule has 2 nitrogen and oxygen atoms in total. The largest absolute Gasteiger partial charge is 0.443 e. The average molecular weight is 278 g/mol. The van der Waals surface area contributed by atoms with E-state index < -0.39 is 14.0 Å². The van der Waals surface area contributed by atoms with E-state index in [0.29, 0.717) is 16.6 Å². The lowest BCUT2D eigenvalue weighted by molar-refractivity contribution is -0.135. The maximum Gasteiger partial charge on any atom is 0.385 e. The molecule has 3 heteroatoms. The van der Waals surface area contributed by atoms with Crippen molar-refractivity contribution < 1.29 is 9.53 Å². The van der Waals surface area contributed by atoms with E-state index in [1.54, 1.807) is 6.92 Å². The van der Waals surface area contributed by atoms with Gasteiger partial charge in [-0.15, -0.1) is 5.54 Å². The van der Waals surface area contributed by atoms with Gasteiger partial charge in [0.15, 0.2) is 6.61 Å². The Bertz CT molecular complexity index is 392. The summed E-state index contributed by atoms with van der Waals surface area (Å²) in [6, 6.07) is 0. The summed E-state index contributed by atoms with van der Waals surface area (Å²) in [5.41, 5.74) is 5.26. The smallest absolute Gasteiger partial charge is 0.385 e. The quantitative estimate of drug-likeness (QED) is 0.339. The monoisotopic (exact) mass is 278 g/mol. The van der Waals surface area contributed by atoms with E-state index >= 15 is 0 Å². The predicted octanol–water partition coefficient (Wildman–Crippen LogP) is 3.77. The molecule has 0 saturated heterocycles. The highest BCUT2D eigenvalue weighted by molar-refractivity contribution is 6.90. The van der Waals surface area contributed by atoms with Crippen LogP contribution in [0.4, 0.5) is 0 Å². The van der Waals surface area contributed by atoms with Gasteiger partial charge >= 0.3 is 5.97 Å². The Morgan fingerprint density at radius 1 is 1.05 bits per heavy atom. The van der Waals surface area contributed by atoms with Crippen LogP contribution in [0.2, 0.25) is 16.6 Å². The van der Waals surface area contributed by atoms with Crippen LogP contribution in [0.5, 0.6) is 0 Å². The molecule has 0 atom stereocenters. The zero-order valence-corrected chi connectivity index (χ0v) is 14.3. The summed E-state index contributed by atoms with van der Waals surface area (Å²) >= 11 is 0. The topological polar surface area (TPSA) is 26.3 Å². The molecule has 0 radical (unpaired) electrons. The Hall–Kier alpha value is -1.19. The van der Waals surface area contributed by atoms with Gasteiger partial charge in [0.1, 0.15) is 8.07 Å². The van der Waals surface area contributed by atoms with Crippen LogP contribution in [0, 0.1) is 23.3 Å². The van der Waals surface area contributed by atoms with Crippen molar-refractivity contribution in [2.75, 3.05) is 6.61 Å². The van der Waals surface area contributed by atoms with E-state index in [9.17, 15) is 4.79 Å². The van der Waals surface area contributed by atoms with Crippen LogP contribution in [0.25, 0.3) is 0 Å². The van der Waals surface area contributed by atoms with Gasteiger partial charge in [0, 0.05) is 5.92 Å². The summed E-state index contributed by atoms with van der Waals surface area (Å²) in [6.07, 6.45) is 0. The van der Waals surface area contributed by atoms with E-state index in [1.165, 1.54) is 0 Å². The summed E-state index contributed by atoms with van der Waals surface area (Å²) in [5, 5.41) is 0. The normalized spacial score (nSPS) is 10.8. The second-order valence-corrected chi connectivity index (χ2v) is 11.2. The van der Waals surface area contributed by atoms with Crippen LogP contribution in [0.15, 0.2) is 0 Å². The number of carbonyl (C=O) groups is 1. The number of esters is 1. The molecule has 0 aromatic rings. The molecule has 0 aliphatic carbocycles. The molecule has 0 N–H and O–H groups in total. The fourth-order valence-electron chi connectivity index (χ4n) is 2.86. The van der Waals surface area contributed by atoms with Crippen LogP contribution < -0.4 is 0 Å². The first kappa shape index (κ1) is 17.8. The summed E-state index contributed by atoms with van der Waals surface area (Å²) in [4.78, 5) is 11.1.